The van der Waals surface area contributed by atoms with Crippen molar-refractivity contribution < 1.29 is 22.3 Å². The molecule has 0 unspecified atom stereocenters. The van der Waals surface area contributed by atoms with Crippen LogP contribution in [0.15, 0.2) is 77.7 Å². The number of ether oxygens (including phenoxy) is 1. The van der Waals surface area contributed by atoms with Crippen LogP contribution in [-0.4, -0.2) is 63.1 Å². The van der Waals surface area contributed by atoms with Crippen molar-refractivity contribution in [1.82, 2.24) is 9.62 Å². The van der Waals surface area contributed by atoms with Crippen LogP contribution in [0.3, 0.4) is 0 Å². The first kappa shape index (κ1) is 33.5. The SMILES string of the molecule is C[C@@H]1CNC[C@H](CCCc2c(F)cccc2NC(=O)[C@@H](N)[C@@H](c2ccc(Cl)cc2)C2CCOCC2)N1S(=O)(=O)c1ccccc1. The number of anilines is 1. The van der Waals surface area contributed by atoms with E-state index in [1.807, 2.05) is 19.1 Å². The molecule has 0 aliphatic carbocycles. The van der Waals surface area contributed by atoms with Gasteiger partial charge in [0.15, 0.2) is 0 Å². The number of benzene rings is 3. The maximum Gasteiger partial charge on any atom is 0.243 e. The second kappa shape index (κ2) is 15.2. The van der Waals surface area contributed by atoms with Gasteiger partial charge in [-0.05, 0) is 86.9 Å². The van der Waals surface area contributed by atoms with E-state index in [0.29, 0.717) is 61.8 Å². The van der Waals surface area contributed by atoms with Crippen LogP contribution in [-0.2, 0) is 26.0 Å². The van der Waals surface area contributed by atoms with Crippen LogP contribution in [0.5, 0.6) is 0 Å². The number of carbonyl (C=O) groups is 1. The smallest absolute Gasteiger partial charge is 0.243 e. The third kappa shape index (κ3) is 7.93. The van der Waals surface area contributed by atoms with Gasteiger partial charge in [0.1, 0.15) is 5.82 Å². The maximum absolute atomic E-state index is 15.2. The molecule has 2 aliphatic rings. The normalized spacial score (nSPS) is 21.2. The Bertz CT molecular complexity index is 1540. The van der Waals surface area contributed by atoms with Gasteiger partial charge >= 0.3 is 0 Å². The zero-order valence-corrected chi connectivity index (χ0v) is 27.1. The summed E-state index contributed by atoms with van der Waals surface area (Å²) in [6.45, 7) is 4.17. The van der Waals surface area contributed by atoms with Gasteiger partial charge in [0, 0.05) is 60.6 Å². The van der Waals surface area contributed by atoms with E-state index in [0.717, 1.165) is 18.4 Å². The molecule has 0 aromatic heterocycles. The van der Waals surface area contributed by atoms with E-state index < -0.39 is 27.8 Å². The lowest BCUT2D eigenvalue weighted by Crippen LogP contribution is -2.58. The number of halogens is 2. The Balaban J connectivity index is 1.30. The summed E-state index contributed by atoms with van der Waals surface area (Å²) in [7, 11) is -3.71. The van der Waals surface area contributed by atoms with Crippen LogP contribution in [0.25, 0.3) is 0 Å². The molecule has 3 aromatic carbocycles. The zero-order valence-electron chi connectivity index (χ0n) is 25.5. The Morgan fingerprint density at radius 2 is 1.78 bits per heavy atom. The van der Waals surface area contributed by atoms with Crippen molar-refractivity contribution in [3.63, 3.8) is 0 Å². The van der Waals surface area contributed by atoms with Gasteiger partial charge in [0.2, 0.25) is 15.9 Å². The van der Waals surface area contributed by atoms with Crippen molar-refractivity contribution in [2.75, 3.05) is 31.6 Å². The molecule has 0 radical (unpaired) electrons. The third-order valence-electron chi connectivity index (χ3n) is 8.99. The van der Waals surface area contributed by atoms with Crippen molar-refractivity contribution in [1.29, 1.82) is 0 Å². The number of amides is 1. The summed E-state index contributed by atoms with van der Waals surface area (Å²) in [6.07, 6.45) is 2.93. The monoisotopic (exact) mass is 656 g/mol. The lowest BCUT2D eigenvalue weighted by atomic mass is 9.76. The molecule has 8 nitrogen and oxygen atoms in total. The van der Waals surface area contributed by atoms with Crippen LogP contribution in [0.4, 0.5) is 10.1 Å². The van der Waals surface area contributed by atoms with E-state index >= 15 is 4.39 Å². The highest BCUT2D eigenvalue weighted by atomic mass is 35.5. The number of nitrogens with zero attached hydrogens (tertiary/aromatic N) is 1. The molecule has 45 heavy (non-hydrogen) atoms. The van der Waals surface area contributed by atoms with Gasteiger partial charge in [0.05, 0.1) is 10.9 Å². The van der Waals surface area contributed by atoms with E-state index in [1.165, 1.54) is 6.07 Å². The van der Waals surface area contributed by atoms with E-state index in [2.05, 4.69) is 10.6 Å². The molecule has 0 bridgehead atoms. The van der Waals surface area contributed by atoms with Gasteiger partial charge in [-0.15, -0.1) is 0 Å². The molecule has 2 aliphatic heterocycles. The van der Waals surface area contributed by atoms with Crippen LogP contribution in [0, 0.1) is 11.7 Å². The molecule has 3 aromatic rings. The first-order chi connectivity index (χ1) is 21.7. The molecule has 0 saturated carbocycles. The second-order valence-electron chi connectivity index (χ2n) is 12.0. The number of carbonyl (C=O) groups excluding carboxylic acids is 1. The number of nitrogens with two attached hydrogens (primary N) is 1. The Morgan fingerprint density at radius 1 is 1.07 bits per heavy atom. The maximum atomic E-state index is 15.2. The van der Waals surface area contributed by atoms with Crippen molar-refractivity contribution in [3.8, 4) is 0 Å². The van der Waals surface area contributed by atoms with Crippen molar-refractivity contribution >= 4 is 33.2 Å². The van der Waals surface area contributed by atoms with Crippen LogP contribution < -0.4 is 16.4 Å². The van der Waals surface area contributed by atoms with Crippen LogP contribution in [0.1, 0.15) is 49.7 Å². The number of hydrogen-bond donors (Lipinski definition) is 3. The van der Waals surface area contributed by atoms with Crippen molar-refractivity contribution in [2.45, 2.75) is 68.0 Å². The molecule has 5 rings (SSSR count). The van der Waals surface area contributed by atoms with E-state index in [4.69, 9.17) is 22.1 Å². The third-order valence-corrected chi connectivity index (χ3v) is 11.3. The topological polar surface area (TPSA) is 114 Å². The molecule has 2 fully saturated rings. The van der Waals surface area contributed by atoms with E-state index in [-0.39, 0.29) is 28.8 Å². The summed E-state index contributed by atoms with van der Waals surface area (Å²) in [5.41, 5.74) is 8.35. The highest BCUT2D eigenvalue weighted by molar-refractivity contribution is 7.89. The minimum atomic E-state index is -3.71. The van der Waals surface area contributed by atoms with E-state index in [9.17, 15) is 13.2 Å². The van der Waals surface area contributed by atoms with Gasteiger partial charge < -0.3 is 21.1 Å². The summed E-state index contributed by atoms with van der Waals surface area (Å²) < 4.78 is 49.6. The molecule has 242 valence electrons. The number of sulfonamides is 1. The van der Waals surface area contributed by atoms with Gasteiger partial charge in [-0.2, -0.15) is 4.31 Å². The lowest BCUT2D eigenvalue weighted by Gasteiger charge is -2.40. The first-order valence-electron chi connectivity index (χ1n) is 15.6. The minimum absolute atomic E-state index is 0.147. The molecule has 4 atom stereocenters. The summed E-state index contributed by atoms with van der Waals surface area (Å²) in [4.78, 5) is 13.9. The highest BCUT2D eigenvalue weighted by Crippen LogP contribution is 2.36. The molecule has 2 heterocycles. The molecule has 1 amide bonds. The molecule has 4 N–H and O–H groups in total. The Labute approximate surface area is 270 Å². The summed E-state index contributed by atoms with van der Waals surface area (Å²) >= 11 is 6.14. The van der Waals surface area contributed by atoms with Gasteiger partial charge in [-0.25, -0.2) is 12.8 Å². The average Bonchev–Trinajstić information content (AvgIpc) is 3.04. The van der Waals surface area contributed by atoms with Crippen molar-refractivity contribution in [2.24, 2.45) is 11.7 Å². The summed E-state index contributed by atoms with van der Waals surface area (Å²) in [5, 5.41) is 6.86. The first-order valence-corrected chi connectivity index (χ1v) is 17.4. The second-order valence-corrected chi connectivity index (χ2v) is 14.3. The average molecular weight is 657 g/mol. The predicted molar refractivity (Wildman–Crippen MR) is 175 cm³/mol. The Hall–Kier alpha value is -2.86. The molecular weight excluding hydrogens is 615 g/mol. The standard InChI is InChI=1S/C34H42ClFN4O4S/c1-23-21-38-22-27(40(23)45(42,43)28-8-3-2-4-9-28)7-5-10-29-30(36)11-6-12-31(29)39-34(41)33(37)32(25-17-19-44-20-18-25)24-13-15-26(35)16-14-24/h2-4,6,8-9,11-16,23,25,27,32-33,38H,5,7,10,17-22,37H2,1H3,(H,39,41)/t23-,27+,32+,33+/m1/s1. The predicted octanol–water partition coefficient (Wildman–Crippen LogP) is 5.33. The largest absolute Gasteiger partial charge is 0.381 e. The molecule has 11 heteroatoms. The molecule has 0 spiro atoms. The summed E-state index contributed by atoms with van der Waals surface area (Å²) in [6, 6.07) is 19.1. The lowest BCUT2D eigenvalue weighted by molar-refractivity contribution is -0.118. The van der Waals surface area contributed by atoms with Gasteiger partial charge in [-0.3, -0.25) is 4.79 Å². The fourth-order valence-electron chi connectivity index (χ4n) is 6.73. The fraction of sp³-hybridized carbons (Fsp3) is 0.441. The summed E-state index contributed by atoms with van der Waals surface area (Å²) in [5.74, 6) is -0.932. The van der Waals surface area contributed by atoms with Gasteiger partial charge in [0.25, 0.3) is 0 Å². The van der Waals surface area contributed by atoms with Gasteiger partial charge in [-0.1, -0.05) is 48.0 Å². The number of rotatable bonds is 11. The number of nitrogens with one attached hydrogen (secondary N) is 2. The quantitative estimate of drug-likeness (QED) is 0.257. The minimum Gasteiger partial charge on any atom is -0.381 e. The van der Waals surface area contributed by atoms with E-state index in [1.54, 1.807) is 58.9 Å². The number of hydrogen-bond acceptors (Lipinski definition) is 6. The number of piperazine rings is 1. The van der Waals surface area contributed by atoms with Crippen LogP contribution in [0.2, 0.25) is 5.02 Å². The fourth-order valence-corrected chi connectivity index (χ4v) is 8.72. The highest BCUT2D eigenvalue weighted by Gasteiger charge is 2.38. The Morgan fingerprint density at radius 3 is 2.49 bits per heavy atom. The molecular formula is C34H42ClFN4O4S. The molecule has 2 saturated heterocycles. The Kier molecular flexibility index (Phi) is 11.3. The van der Waals surface area contributed by atoms with Crippen molar-refractivity contribution in [3.05, 3.63) is 94.8 Å². The zero-order chi connectivity index (χ0) is 32.0. The van der Waals surface area contributed by atoms with Crippen LogP contribution >= 0.6 is 11.6 Å².